The Morgan fingerprint density at radius 2 is 1.57 bits per heavy atom. The summed E-state index contributed by atoms with van der Waals surface area (Å²) in [6, 6.07) is 20.6. The zero-order chi connectivity index (χ0) is 16.1. The minimum absolute atomic E-state index is 0.434. The topological polar surface area (TPSA) is 35.5 Å². The van der Waals surface area contributed by atoms with Crippen LogP contribution in [0.25, 0.3) is 10.8 Å². The van der Waals surface area contributed by atoms with Crippen molar-refractivity contribution in [2.75, 3.05) is 7.11 Å². The van der Waals surface area contributed by atoms with Crippen LogP contribution in [0.3, 0.4) is 0 Å². The van der Waals surface area contributed by atoms with Crippen LogP contribution in [0.5, 0.6) is 11.5 Å². The molecule has 0 aliphatic carbocycles. The fraction of sp³-hybridized carbons (Fsp3) is 0.0500. The average Bonchev–Trinajstić information content (AvgIpc) is 2.60. The van der Waals surface area contributed by atoms with Gasteiger partial charge in [0.15, 0.2) is 0 Å². The molecule has 3 heteroatoms. The summed E-state index contributed by atoms with van der Waals surface area (Å²) in [7, 11) is 1.58. The summed E-state index contributed by atoms with van der Waals surface area (Å²) in [5.74, 6) is 5.87. The Labute approximate surface area is 134 Å². The van der Waals surface area contributed by atoms with Gasteiger partial charge in [-0.3, -0.25) is 0 Å². The monoisotopic (exact) mass is 302 g/mol. The summed E-state index contributed by atoms with van der Waals surface area (Å²) in [5, 5.41) is 2.22. The number of carbonyl (C=O) groups excluding carboxylic acids is 1. The Balaban J connectivity index is 1.72. The maximum absolute atomic E-state index is 11.8. The molecule has 0 saturated carbocycles. The number of ether oxygens (including phenoxy) is 2. The molecular formula is C20H14O3. The molecule has 0 aromatic heterocycles. The minimum Gasteiger partial charge on any atom is -0.497 e. The highest BCUT2D eigenvalue weighted by Crippen LogP contribution is 2.17. The van der Waals surface area contributed by atoms with Crippen molar-refractivity contribution in [1.29, 1.82) is 0 Å². The van der Waals surface area contributed by atoms with Gasteiger partial charge in [-0.1, -0.05) is 36.3 Å². The zero-order valence-corrected chi connectivity index (χ0v) is 12.6. The van der Waals surface area contributed by atoms with Crippen LogP contribution in [-0.4, -0.2) is 13.1 Å². The van der Waals surface area contributed by atoms with Crippen LogP contribution in [0.4, 0.5) is 0 Å². The van der Waals surface area contributed by atoms with Gasteiger partial charge in [-0.25, -0.2) is 4.79 Å². The molecule has 3 aromatic carbocycles. The second-order valence-corrected chi connectivity index (χ2v) is 4.88. The maximum atomic E-state index is 11.8. The minimum atomic E-state index is -0.594. The third-order valence-corrected chi connectivity index (χ3v) is 3.33. The van der Waals surface area contributed by atoms with Crippen molar-refractivity contribution in [2.45, 2.75) is 0 Å². The standard InChI is InChI=1S/C20H14O3/c1-22-18-9-11-19(12-10-18)23-20(21)13-7-15-6-8-16-4-2-3-5-17(16)14-15/h2-6,8-12,14H,1H3. The van der Waals surface area contributed by atoms with Crippen molar-refractivity contribution in [3.63, 3.8) is 0 Å². The van der Waals surface area contributed by atoms with E-state index in [-0.39, 0.29) is 0 Å². The molecule has 3 aromatic rings. The van der Waals surface area contributed by atoms with Crippen LogP contribution in [0.2, 0.25) is 0 Å². The molecule has 0 aliphatic rings. The van der Waals surface area contributed by atoms with Gasteiger partial charge in [0, 0.05) is 11.5 Å². The van der Waals surface area contributed by atoms with Crippen LogP contribution in [0.15, 0.2) is 66.7 Å². The van der Waals surface area contributed by atoms with Gasteiger partial charge in [0.25, 0.3) is 0 Å². The molecule has 112 valence electrons. The van der Waals surface area contributed by atoms with Gasteiger partial charge in [0.1, 0.15) is 11.5 Å². The highest BCUT2D eigenvalue weighted by molar-refractivity contribution is 5.91. The molecule has 0 bridgehead atoms. The predicted octanol–water partition coefficient (Wildman–Crippen LogP) is 3.81. The normalized spacial score (nSPS) is 9.78. The lowest BCUT2D eigenvalue weighted by Crippen LogP contribution is -2.04. The van der Waals surface area contributed by atoms with Crippen molar-refractivity contribution in [3.05, 3.63) is 72.3 Å². The third-order valence-electron chi connectivity index (χ3n) is 3.33. The van der Waals surface area contributed by atoms with Gasteiger partial charge in [0.05, 0.1) is 7.11 Å². The lowest BCUT2D eigenvalue weighted by Gasteiger charge is -2.01. The summed E-state index contributed by atoms with van der Waals surface area (Å²) >= 11 is 0. The van der Waals surface area contributed by atoms with Crippen LogP contribution in [0.1, 0.15) is 5.56 Å². The van der Waals surface area contributed by atoms with Gasteiger partial charge >= 0.3 is 5.97 Å². The van der Waals surface area contributed by atoms with E-state index in [4.69, 9.17) is 9.47 Å². The van der Waals surface area contributed by atoms with Crippen LogP contribution in [0, 0.1) is 11.8 Å². The number of hydrogen-bond donors (Lipinski definition) is 0. The molecule has 3 rings (SSSR count). The Morgan fingerprint density at radius 3 is 2.30 bits per heavy atom. The molecule has 0 aliphatic heterocycles. The first kappa shape index (κ1) is 14.7. The summed E-state index contributed by atoms with van der Waals surface area (Å²) in [4.78, 5) is 11.8. The van der Waals surface area contributed by atoms with Crippen LogP contribution >= 0.6 is 0 Å². The van der Waals surface area contributed by atoms with E-state index in [2.05, 4.69) is 11.8 Å². The fourth-order valence-corrected chi connectivity index (χ4v) is 2.17. The van der Waals surface area contributed by atoms with E-state index in [1.165, 1.54) is 0 Å². The quantitative estimate of drug-likeness (QED) is 0.410. The molecule has 0 saturated heterocycles. The number of benzene rings is 3. The molecule has 3 nitrogen and oxygen atoms in total. The lowest BCUT2D eigenvalue weighted by molar-refractivity contribution is -0.128. The smallest absolute Gasteiger partial charge is 0.390 e. The van der Waals surface area contributed by atoms with E-state index in [1.54, 1.807) is 31.4 Å². The Hall–Kier alpha value is -3.25. The van der Waals surface area contributed by atoms with Gasteiger partial charge in [-0.15, -0.1) is 0 Å². The molecule has 0 radical (unpaired) electrons. The van der Waals surface area contributed by atoms with E-state index in [0.717, 1.165) is 16.3 Å². The first-order valence-corrected chi connectivity index (χ1v) is 7.11. The molecule has 0 heterocycles. The molecule has 0 amide bonds. The molecule has 0 fully saturated rings. The van der Waals surface area contributed by atoms with E-state index < -0.39 is 5.97 Å². The molecule has 0 spiro atoms. The molecular weight excluding hydrogens is 288 g/mol. The fourth-order valence-electron chi connectivity index (χ4n) is 2.17. The van der Waals surface area contributed by atoms with Crippen LogP contribution in [-0.2, 0) is 4.79 Å². The lowest BCUT2D eigenvalue weighted by atomic mass is 10.1. The van der Waals surface area contributed by atoms with Crippen molar-refractivity contribution >= 4 is 16.7 Å². The largest absolute Gasteiger partial charge is 0.497 e. The highest BCUT2D eigenvalue weighted by Gasteiger charge is 2.01. The summed E-state index contributed by atoms with van der Waals surface area (Å²) in [6.07, 6.45) is 0. The van der Waals surface area contributed by atoms with Gasteiger partial charge < -0.3 is 9.47 Å². The molecule has 0 atom stereocenters. The second kappa shape index (κ2) is 6.67. The summed E-state index contributed by atoms with van der Waals surface area (Å²) < 4.78 is 10.2. The SMILES string of the molecule is COc1ccc(OC(=O)C#Cc2ccc3ccccc3c2)cc1. The molecule has 23 heavy (non-hydrogen) atoms. The Bertz CT molecular complexity index is 899. The van der Waals surface area contributed by atoms with Crippen molar-refractivity contribution < 1.29 is 14.3 Å². The Morgan fingerprint density at radius 1 is 0.870 bits per heavy atom. The molecule has 0 unspecified atom stereocenters. The Kier molecular flexibility index (Phi) is 4.26. The van der Waals surface area contributed by atoms with Crippen molar-refractivity contribution in [3.8, 4) is 23.3 Å². The average molecular weight is 302 g/mol. The van der Waals surface area contributed by atoms with Crippen molar-refractivity contribution in [2.24, 2.45) is 0 Å². The van der Waals surface area contributed by atoms with Gasteiger partial charge in [0.2, 0.25) is 0 Å². The van der Waals surface area contributed by atoms with Crippen LogP contribution < -0.4 is 9.47 Å². The van der Waals surface area contributed by atoms with Crippen molar-refractivity contribution in [1.82, 2.24) is 0 Å². The second-order valence-electron chi connectivity index (χ2n) is 4.88. The highest BCUT2D eigenvalue weighted by atomic mass is 16.5. The first-order valence-electron chi connectivity index (χ1n) is 7.11. The predicted molar refractivity (Wildman–Crippen MR) is 89.5 cm³/mol. The zero-order valence-electron chi connectivity index (χ0n) is 12.6. The van der Waals surface area contributed by atoms with Gasteiger partial charge in [-0.2, -0.15) is 0 Å². The number of carbonyl (C=O) groups is 1. The summed E-state index contributed by atoms with van der Waals surface area (Å²) in [5.41, 5.74) is 0.774. The van der Waals surface area contributed by atoms with E-state index in [9.17, 15) is 4.79 Å². The number of fused-ring (bicyclic) bond motifs is 1. The van der Waals surface area contributed by atoms with E-state index in [1.807, 2.05) is 42.5 Å². The summed E-state index contributed by atoms with van der Waals surface area (Å²) in [6.45, 7) is 0. The number of esters is 1. The number of rotatable bonds is 2. The first-order chi connectivity index (χ1) is 11.2. The molecule has 0 N–H and O–H groups in total. The number of methoxy groups -OCH3 is 1. The third kappa shape index (κ3) is 3.69. The van der Waals surface area contributed by atoms with Gasteiger partial charge in [-0.05, 0) is 47.2 Å². The number of hydrogen-bond acceptors (Lipinski definition) is 3. The van der Waals surface area contributed by atoms with E-state index in [0.29, 0.717) is 11.5 Å². The van der Waals surface area contributed by atoms with E-state index >= 15 is 0 Å². The maximum Gasteiger partial charge on any atom is 0.390 e.